The average Bonchev–Trinajstić information content (AvgIpc) is 2.60. The van der Waals surface area contributed by atoms with Gasteiger partial charge in [0.25, 0.3) is 11.8 Å². The Morgan fingerprint density at radius 3 is 1.62 bits per heavy atom. The number of carbonyl (C=O) groups excluding carboxylic acids is 5. The summed E-state index contributed by atoms with van der Waals surface area (Å²) in [5.41, 5.74) is 2.51. The fraction of sp³-hybridized carbons (Fsp3) is 0.571. The van der Waals surface area contributed by atoms with E-state index in [1.165, 1.54) is 4.90 Å². The Balaban J connectivity index is 0.000000177. The van der Waals surface area contributed by atoms with E-state index < -0.39 is 41.8 Å². The van der Waals surface area contributed by atoms with Crippen LogP contribution in [-0.2, 0) is 33.3 Å². The van der Waals surface area contributed by atoms with E-state index in [2.05, 4.69) is 66.1 Å². The maximum Gasteiger partial charge on any atom is 0.251 e. The number of ketones is 2. The molecule has 1 unspecified atom stereocenters. The summed E-state index contributed by atoms with van der Waals surface area (Å²) in [6.45, 7) is 7.20. The van der Waals surface area contributed by atoms with Gasteiger partial charge < -0.3 is 54.1 Å². The molecule has 452 valence electrons. The summed E-state index contributed by atoms with van der Waals surface area (Å²) < 4.78 is 53.1. The number of nitrogens with one attached hydrogen (secondary N) is 2. The molecule has 0 radical (unpaired) electrons. The minimum Gasteiger partial charge on any atom is -0.371 e. The van der Waals surface area contributed by atoms with Crippen LogP contribution in [0.3, 0.4) is 0 Å². The maximum atomic E-state index is 15.0. The number of terminal acetylenes is 2. The van der Waals surface area contributed by atoms with E-state index in [0.717, 1.165) is 126 Å². The first kappa shape index (κ1) is 60.5. The van der Waals surface area contributed by atoms with Gasteiger partial charge in [-0.25, -0.2) is 9.97 Å². The molecule has 5 saturated heterocycles. The predicted molar refractivity (Wildman–Crippen MR) is 319 cm³/mol. The van der Waals surface area contributed by atoms with Gasteiger partial charge in [-0.2, -0.15) is 8.78 Å². The Morgan fingerprint density at radius 2 is 1.15 bits per heavy atom. The van der Waals surface area contributed by atoms with Crippen LogP contribution in [0.25, 0.3) is 22.5 Å². The standard InChI is InChI=1S/C33H41FN4O5S.C30H34FN5O4S/c1-5-20-18-24(25-29(20)43-19-33(25,41-3)42-4)28(39)26(21-8-6-7-9-21)35-31(40)23-12-10-22(11-13-23)27-30(34)44-32(36-27)38-16-14-37(2)15-17-38;1-3-18-16-36(25-22(37)17-40-26(18)25)29(39)24(19-6-4-5-7-19)32-28(38)21-10-8-20(9-11-21)23-27(31)41-30(33-23)35-14-12-34(2)13-15-35/h1,10-13,20-21,24-26,29H,6-9,14-19H2,2-4H3,(H,35,40);1,8-11,18-19,24-26H,4-7,12-17H2,2H3,(H,32,38)/t20-,24?,25+,26+,29-;18-,24+,25-,26-/m11/s1. The van der Waals surface area contributed by atoms with E-state index in [1.807, 2.05) is 0 Å². The Hall–Kier alpha value is -6.21. The number of anilines is 2. The zero-order valence-corrected chi connectivity index (χ0v) is 50.3. The molecule has 18 nitrogen and oxygen atoms in total. The molecule has 9 atom stereocenters. The maximum absolute atomic E-state index is 15.0. The lowest BCUT2D eigenvalue weighted by Crippen LogP contribution is -2.54. The van der Waals surface area contributed by atoms with Crippen LogP contribution in [0.2, 0.25) is 0 Å². The first-order chi connectivity index (χ1) is 41.1. The number of hydrogen-bond acceptors (Lipinski definition) is 17. The molecule has 3 amide bonds. The van der Waals surface area contributed by atoms with Crippen molar-refractivity contribution in [2.45, 2.75) is 93.9 Å². The van der Waals surface area contributed by atoms with Crippen LogP contribution in [0, 0.1) is 70.5 Å². The number of amides is 3. The number of ether oxygens (including phenoxy) is 4. The molecule has 3 saturated carbocycles. The molecule has 12 rings (SSSR count). The van der Waals surface area contributed by atoms with Gasteiger partial charge in [0.1, 0.15) is 42.8 Å². The van der Waals surface area contributed by atoms with Crippen molar-refractivity contribution in [3.05, 3.63) is 69.9 Å². The van der Waals surface area contributed by atoms with Gasteiger partial charge in [0.2, 0.25) is 16.2 Å². The highest BCUT2D eigenvalue weighted by Gasteiger charge is 2.63. The summed E-state index contributed by atoms with van der Waals surface area (Å²) >= 11 is 2.09. The second kappa shape index (κ2) is 26.0. The Bertz CT molecular complexity index is 3170. The van der Waals surface area contributed by atoms with E-state index in [-0.39, 0.29) is 100 Å². The number of aromatic nitrogens is 2. The molecule has 2 aromatic carbocycles. The average molecular weight is 1200 g/mol. The minimum atomic E-state index is -1.06. The summed E-state index contributed by atoms with van der Waals surface area (Å²) in [7, 11) is 7.26. The van der Waals surface area contributed by atoms with Crippen molar-refractivity contribution >= 4 is 62.2 Å². The van der Waals surface area contributed by atoms with Crippen molar-refractivity contribution in [1.82, 2.24) is 35.3 Å². The molecule has 0 bridgehead atoms. The van der Waals surface area contributed by atoms with E-state index in [1.54, 1.807) is 62.8 Å². The number of benzene rings is 2. The molecule has 5 aliphatic heterocycles. The van der Waals surface area contributed by atoms with Gasteiger partial charge in [-0.05, 0) is 82.3 Å². The number of methoxy groups -OCH3 is 2. The van der Waals surface area contributed by atoms with E-state index in [0.29, 0.717) is 38.9 Å². The Labute approximate surface area is 503 Å². The molecule has 7 heterocycles. The van der Waals surface area contributed by atoms with E-state index >= 15 is 0 Å². The van der Waals surface area contributed by atoms with Crippen LogP contribution < -0.4 is 20.4 Å². The van der Waals surface area contributed by atoms with Crippen LogP contribution in [0.15, 0.2) is 48.5 Å². The lowest BCUT2D eigenvalue weighted by molar-refractivity contribution is -0.231. The summed E-state index contributed by atoms with van der Waals surface area (Å²) in [5, 5.41) is 6.68. The van der Waals surface area contributed by atoms with Crippen molar-refractivity contribution in [2.24, 2.45) is 35.5 Å². The van der Waals surface area contributed by atoms with Gasteiger partial charge >= 0.3 is 0 Å². The number of Topliss-reactive ketones (excluding diaryl/α,β-unsaturated/α-hetero) is 2. The van der Waals surface area contributed by atoms with Crippen molar-refractivity contribution in [3.63, 3.8) is 0 Å². The normalized spacial score (nSPS) is 26.8. The number of fused-ring (bicyclic) bond motifs is 2. The molecule has 2 N–H and O–H groups in total. The first-order valence-corrected chi connectivity index (χ1v) is 31.4. The Morgan fingerprint density at radius 1 is 0.682 bits per heavy atom. The molecule has 3 aliphatic carbocycles. The van der Waals surface area contributed by atoms with Crippen molar-refractivity contribution < 1.29 is 51.7 Å². The number of halogens is 2. The third kappa shape index (κ3) is 12.3. The molecule has 4 aromatic rings. The number of hydrogen-bond donors (Lipinski definition) is 2. The molecule has 0 spiro atoms. The fourth-order valence-electron chi connectivity index (χ4n) is 14.1. The van der Waals surface area contributed by atoms with Gasteiger partial charge in [0, 0.05) is 107 Å². The largest absolute Gasteiger partial charge is 0.371 e. The number of rotatable bonds is 15. The number of likely N-dealkylation sites (N-methyl/N-ethyl adjacent to an activating group) is 2. The zero-order chi connectivity index (χ0) is 59.7. The second-order valence-corrected chi connectivity index (χ2v) is 25.8. The SMILES string of the molecule is C#C[C@@H]1CC(C(=O)[C@@H](NC(=O)c2ccc(-c3nc(N4CCN(C)CC4)sc3F)cc2)C2CCCC2)[C@H]2[C@@H]1OCC2(OC)OC.C#C[C@@H]1CN(C(=O)[C@@H](NC(=O)c2ccc(-c3nc(N4CCN(C)CC4)sc3F)cc2)C2CCCC2)[C@@H]2C(=O)CO[C@H]12. The van der Waals surface area contributed by atoms with Crippen molar-refractivity contribution in [2.75, 3.05) is 110 Å². The molecule has 8 fully saturated rings. The zero-order valence-electron chi connectivity index (χ0n) is 48.6. The summed E-state index contributed by atoms with van der Waals surface area (Å²) in [5.74, 6) is 1.78. The van der Waals surface area contributed by atoms with E-state index in [4.69, 9.17) is 31.8 Å². The number of thiazole rings is 2. The van der Waals surface area contributed by atoms with E-state index in [9.17, 15) is 32.8 Å². The molecule has 2 aromatic heterocycles. The van der Waals surface area contributed by atoms with Gasteiger partial charge in [-0.3, -0.25) is 24.0 Å². The lowest BCUT2D eigenvalue weighted by atomic mass is 9.79. The number of carbonyl (C=O) groups is 5. The smallest absolute Gasteiger partial charge is 0.251 e. The van der Waals surface area contributed by atoms with Crippen molar-refractivity contribution in [3.8, 4) is 47.2 Å². The molecular weight excluding hydrogens is 1130 g/mol. The highest BCUT2D eigenvalue weighted by atomic mass is 32.1. The predicted octanol–water partition coefficient (Wildman–Crippen LogP) is 6.25. The molecule has 85 heavy (non-hydrogen) atoms. The third-order valence-electron chi connectivity index (χ3n) is 19.1. The lowest BCUT2D eigenvalue weighted by Gasteiger charge is -2.35. The highest BCUT2D eigenvalue weighted by molar-refractivity contribution is 7.14. The summed E-state index contributed by atoms with van der Waals surface area (Å²) in [4.78, 5) is 87.1. The van der Waals surface area contributed by atoms with Crippen LogP contribution >= 0.6 is 22.7 Å². The number of piperazine rings is 2. The van der Waals surface area contributed by atoms with Crippen LogP contribution in [0.1, 0.15) is 78.5 Å². The van der Waals surface area contributed by atoms with Crippen LogP contribution in [0.4, 0.5) is 19.0 Å². The Kier molecular flexibility index (Phi) is 18.5. The van der Waals surface area contributed by atoms with Crippen molar-refractivity contribution in [1.29, 1.82) is 0 Å². The highest BCUT2D eigenvalue weighted by Crippen LogP contribution is 2.52. The molecule has 22 heteroatoms. The third-order valence-corrected chi connectivity index (χ3v) is 20.9. The minimum absolute atomic E-state index is 0.0245. The van der Waals surface area contributed by atoms with Crippen LogP contribution in [0.5, 0.6) is 0 Å². The van der Waals surface area contributed by atoms with Gasteiger partial charge in [-0.15, -0.1) is 18.8 Å². The first-order valence-electron chi connectivity index (χ1n) is 29.8. The molecule has 8 aliphatic rings. The van der Waals surface area contributed by atoms with Gasteiger partial charge in [-0.1, -0.05) is 78.5 Å². The van der Waals surface area contributed by atoms with Gasteiger partial charge in [0.15, 0.2) is 27.6 Å². The number of likely N-dealkylation sites (tertiary alicyclic amines) is 1. The van der Waals surface area contributed by atoms with Gasteiger partial charge in [0.05, 0.1) is 24.0 Å². The summed E-state index contributed by atoms with van der Waals surface area (Å²) in [6, 6.07) is 11.3. The second-order valence-electron chi connectivity index (χ2n) is 24.0. The topological polar surface area (TPSA) is 188 Å². The van der Waals surface area contributed by atoms with Crippen LogP contribution in [-0.4, -0.2) is 191 Å². The monoisotopic (exact) mass is 1200 g/mol. The quantitative estimate of drug-likeness (QED) is 0.100. The fourth-order valence-corrected chi connectivity index (χ4v) is 15.8. The summed E-state index contributed by atoms with van der Waals surface area (Å²) in [6.07, 6.45) is 18.5. The molecular formula is C63H75F2N9O9S2. The number of nitrogens with zero attached hydrogens (tertiary/aromatic N) is 7.